The maximum atomic E-state index is 12.3. The standard InChI is InChI=1S/C15H21ClN2O2.ClH/c1-2-8-18(13-6-7-17-10-13)15(19)11-20-14-5-3-4-12(16)9-14;/h3-5,9,13,17H,2,6-8,10-11H2,1H3;1H. The molecule has 1 heterocycles. The molecule has 0 radical (unpaired) electrons. The molecule has 2 rings (SSSR count). The lowest BCUT2D eigenvalue weighted by molar-refractivity contribution is -0.135. The predicted molar refractivity (Wildman–Crippen MR) is 87.5 cm³/mol. The Morgan fingerprint density at radius 1 is 1.52 bits per heavy atom. The van der Waals surface area contributed by atoms with Crippen molar-refractivity contribution in [1.82, 2.24) is 10.2 Å². The lowest BCUT2D eigenvalue weighted by Gasteiger charge is -2.28. The minimum absolute atomic E-state index is 0. The quantitative estimate of drug-likeness (QED) is 0.870. The zero-order valence-corrected chi connectivity index (χ0v) is 13.8. The van der Waals surface area contributed by atoms with Crippen LogP contribution in [0.15, 0.2) is 24.3 Å². The van der Waals surface area contributed by atoms with Gasteiger partial charge in [0.25, 0.3) is 5.91 Å². The highest BCUT2D eigenvalue weighted by Gasteiger charge is 2.25. The van der Waals surface area contributed by atoms with Crippen molar-refractivity contribution < 1.29 is 9.53 Å². The minimum atomic E-state index is 0. The molecule has 0 aromatic heterocycles. The van der Waals surface area contributed by atoms with Crippen molar-refractivity contribution in [3.63, 3.8) is 0 Å². The highest BCUT2D eigenvalue weighted by molar-refractivity contribution is 6.30. The Bertz CT molecular complexity index is 451. The molecular weight excluding hydrogens is 311 g/mol. The number of hydrogen-bond donors (Lipinski definition) is 1. The van der Waals surface area contributed by atoms with E-state index in [4.69, 9.17) is 16.3 Å². The third-order valence-corrected chi connectivity index (χ3v) is 3.65. The second kappa shape index (κ2) is 9.13. The van der Waals surface area contributed by atoms with Crippen molar-refractivity contribution in [3.05, 3.63) is 29.3 Å². The van der Waals surface area contributed by atoms with Crippen LogP contribution in [0.4, 0.5) is 0 Å². The summed E-state index contributed by atoms with van der Waals surface area (Å²) in [5.74, 6) is 0.673. The molecule has 1 saturated heterocycles. The van der Waals surface area contributed by atoms with Gasteiger partial charge in [0.1, 0.15) is 5.75 Å². The molecule has 118 valence electrons. The van der Waals surface area contributed by atoms with Crippen LogP contribution in [0.25, 0.3) is 0 Å². The number of amides is 1. The number of hydrogen-bond acceptors (Lipinski definition) is 3. The van der Waals surface area contributed by atoms with Gasteiger partial charge in [-0.2, -0.15) is 0 Å². The summed E-state index contributed by atoms with van der Waals surface area (Å²) in [5.41, 5.74) is 0. The van der Waals surface area contributed by atoms with E-state index in [0.29, 0.717) is 16.8 Å². The Morgan fingerprint density at radius 3 is 2.95 bits per heavy atom. The summed E-state index contributed by atoms with van der Waals surface area (Å²) in [5, 5.41) is 3.91. The molecule has 0 bridgehead atoms. The van der Waals surface area contributed by atoms with Crippen LogP contribution >= 0.6 is 24.0 Å². The van der Waals surface area contributed by atoms with E-state index in [9.17, 15) is 4.79 Å². The van der Waals surface area contributed by atoms with E-state index in [2.05, 4.69) is 12.2 Å². The summed E-state index contributed by atoms with van der Waals surface area (Å²) < 4.78 is 5.54. The molecule has 1 aromatic carbocycles. The van der Waals surface area contributed by atoms with Crippen LogP contribution < -0.4 is 10.1 Å². The lowest BCUT2D eigenvalue weighted by Crippen LogP contribution is -2.44. The Labute approximate surface area is 137 Å². The van der Waals surface area contributed by atoms with Crippen LogP contribution in [0.2, 0.25) is 5.02 Å². The van der Waals surface area contributed by atoms with Crippen LogP contribution in [-0.4, -0.2) is 43.1 Å². The van der Waals surface area contributed by atoms with Crippen molar-refractivity contribution in [2.45, 2.75) is 25.8 Å². The average molecular weight is 333 g/mol. The molecule has 1 aromatic rings. The van der Waals surface area contributed by atoms with E-state index in [1.54, 1.807) is 18.2 Å². The van der Waals surface area contributed by atoms with E-state index in [1.807, 2.05) is 11.0 Å². The smallest absolute Gasteiger partial charge is 0.260 e. The number of nitrogens with one attached hydrogen (secondary N) is 1. The van der Waals surface area contributed by atoms with Gasteiger partial charge in [0.2, 0.25) is 0 Å². The fourth-order valence-electron chi connectivity index (χ4n) is 2.44. The second-order valence-electron chi connectivity index (χ2n) is 4.98. The van der Waals surface area contributed by atoms with Gasteiger partial charge in [-0.25, -0.2) is 0 Å². The van der Waals surface area contributed by atoms with Crippen molar-refractivity contribution >= 4 is 29.9 Å². The van der Waals surface area contributed by atoms with Crippen molar-refractivity contribution in [1.29, 1.82) is 0 Å². The van der Waals surface area contributed by atoms with Gasteiger partial charge >= 0.3 is 0 Å². The highest BCUT2D eigenvalue weighted by atomic mass is 35.5. The summed E-state index contributed by atoms with van der Waals surface area (Å²) in [6.07, 6.45) is 1.97. The Morgan fingerprint density at radius 2 is 2.33 bits per heavy atom. The molecule has 0 aliphatic carbocycles. The van der Waals surface area contributed by atoms with Crippen LogP contribution in [0.5, 0.6) is 5.75 Å². The average Bonchev–Trinajstić information content (AvgIpc) is 2.96. The number of benzene rings is 1. The molecule has 4 nitrogen and oxygen atoms in total. The zero-order chi connectivity index (χ0) is 14.4. The van der Waals surface area contributed by atoms with Crippen molar-refractivity contribution in [2.24, 2.45) is 0 Å². The molecule has 1 unspecified atom stereocenters. The number of halogens is 2. The summed E-state index contributed by atoms with van der Waals surface area (Å²) in [6, 6.07) is 7.41. The SMILES string of the molecule is CCCN(C(=O)COc1cccc(Cl)c1)C1CCNC1.Cl. The van der Waals surface area contributed by atoms with Gasteiger partial charge in [0.15, 0.2) is 6.61 Å². The molecule has 1 N–H and O–H groups in total. The molecule has 1 aliphatic heterocycles. The topological polar surface area (TPSA) is 41.6 Å². The van der Waals surface area contributed by atoms with Gasteiger partial charge in [-0.3, -0.25) is 4.79 Å². The first-order valence-corrected chi connectivity index (χ1v) is 7.47. The van der Waals surface area contributed by atoms with E-state index in [1.165, 1.54) is 0 Å². The lowest BCUT2D eigenvalue weighted by atomic mass is 10.2. The number of carbonyl (C=O) groups excluding carboxylic acids is 1. The molecular formula is C15H22Cl2N2O2. The van der Waals surface area contributed by atoms with Crippen LogP contribution in [0.3, 0.4) is 0 Å². The van der Waals surface area contributed by atoms with Gasteiger partial charge in [-0.1, -0.05) is 24.6 Å². The normalized spacial score (nSPS) is 17.1. The van der Waals surface area contributed by atoms with E-state index < -0.39 is 0 Å². The van der Waals surface area contributed by atoms with Crippen molar-refractivity contribution in [3.8, 4) is 5.75 Å². The van der Waals surface area contributed by atoms with Gasteiger partial charge in [-0.05, 0) is 37.6 Å². The molecule has 1 atom stereocenters. The van der Waals surface area contributed by atoms with Gasteiger partial charge in [-0.15, -0.1) is 12.4 Å². The van der Waals surface area contributed by atoms with E-state index in [-0.39, 0.29) is 24.9 Å². The highest BCUT2D eigenvalue weighted by Crippen LogP contribution is 2.17. The minimum Gasteiger partial charge on any atom is -0.484 e. The monoisotopic (exact) mass is 332 g/mol. The first-order valence-electron chi connectivity index (χ1n) is 7.09. The van der Waals surface area contributed by atoms with Gasteiger partial charge in [0.05, 0.1) is 0 Å². The molecule has 6 heteroatoms. The first-order chi connectivity index (χ1) is 9.70. The summed E-state index contributed by atoms with van der Waals surface area (Å²) in [6.45, 7) is 4.79. The molecule has 21 heavy (non-hydrogen) atoms. The fourth-order valence-corrected chi connectivity index (χ4v) is 2.62. The molecule has 1 aliphatic rings. The molecule has 1 fully saturated rings. The Kier molecular flexibility index (Phi) is 7.86. The summed E-state index contributed by atoms with van der Waals surface area (Å²) in [7, 11) is 0. The maximum Gasteiger partial charge on any atom is 0.260 e. The summed E-state index contributed by atoms with van der Waals surface area (Å²) >= 11 is 5.89. The van der Waals surface area contributed by atoms with Crippen LogP contribution in [0, 0.1) is 0 Å². The van der Waals surface area contributed by atoms with Crippen LogP contribution in [0.1, 0.15) is 19.8 Å². The third kappa shape index (κ3) is 5.38. The van der Waals surface area contributed by atoms with Crippen LogP contribution in [-0.2, 0) is 4.79 Å². The summed E-state index contributed by atoms with van der Waals surface area (Å²) in [4.78, 5) is 14.3. The molecule has 0 saturated carbocycles. The number of ether oxygens (including phenoxy) is 1. The first kappa shape index (κ1) is 18.1. The fraction of sp³-hybridized carbons (Fsp3) is 0.533. The largest absolute Gasteiger partial charge is 0.484 e. The van der Waals surface area contributed by atoms with E-state index >= 15 is 0 Å². The maximum absolute atomic E-state index is 12.3. The Hall–Kier alpha value is -0.970. The van der Waals surface area contributed by atoms with Gasteiger partial charge in [0, 0.05) is 24.2 Å². The number of rotatable bonds is 6. The molecule has 1 amide bonds. The number of nitrogens with zero attached hydrogens (tertiary/aromatic N) is 1. The molecule has 0 spiro atoms. The third-order valence-electron chi connectivity index (χ3n) is 3.42. The van der Waals surface area contributed by atoms with Crippen molar-refractivity contribution in [2.75, 3.05) is 26.2 Å². The number of carbonyl (C=O) groups is 1. The Balaban J connectivity index is 0.00000220. The zero-order valence-electron chi connectivity index (χ0n) is 12.2. The van der Waals surface area contributed by atoms with E-state index in [0.717, 1.165) is 32.5 Å². The second-order valence-corrected chi connectivity index (χ2v) is 5.42. The van der Waals surface area contributed by atoms with Gasteiger partial charge < -0.3 is 15.0 Å². The predicted octanol–water partition coefficient (Wildman–Crippen LogP) is 2.74.